The predicted octanol–water partition coefficient (Wildman–Crippen LogP) is 20.8. The molecular formula is C65H85P3S. The fourth-order valence-electron chi connectivity index (χ4n) is 13.2. The van der Waals surface area contributed by atoms with Gasteiger partial charge < -0.3 is 0 Å². The van der Waals surface area contributed by atoms with Crippen molar-refractivity contribution in [3.63, 3.8) is 0 Å². The van der Waals surface area contributed by atoms with E-state index in [4.69, 9.17) is 0 Å². The second-order valence-electron chi connectivity index (χ2n) is 20.8. The number of benzene rings is 4. The maximum atomic E-state index is 2.77. The SMILES string of the molecule is CCCCCCCCP(c1ccccc1)P(CCCCCCCC)(c1ccc(C)cc1)(C1C(c2[pH]cc(C)c2C)=C(CCC)c2ccccc21)C1C(c2sccc2CC)=C(CCC)c2ccccc21. The van der Waals surface area contributed by atoms with Crippen molar-refractivity contribution in [3.8, 4) is 0 Å². The van der Waals surface area contributed by atoms with Gasteiger partial charge in [-0.2, -0.15) is 0 Å². The van der Waals surface area contributed by atoms with Crippen molar-refractivity contribution in [2.75, 3.05) is 12.3 Å². The third kappa shape index (κ3) is 9.73. The molecule has 2 aliphatic rings. The Kier molecular flexibility index (Phi) is 18.1. The van der Waals surface area contributed by atoms with Crippen molar-refractivity contribution in [1.29, 1.82) is 0 Å². The Labute approximate surface area is 427 Å². The zero-order valence-corrected chi connectivity index (χ0v) is 47.5. The monoisotopic (exact) mass is 991 g/mol. The van der Waals surface area contributed by atoms with Crippen LogP contribution in [0.4, 0.5) is 0 Å². The number of thiophene rings is 1. The molecule has 4 heteroatoms. The number of hydrogen-bond acceptors (Lipinski definition) is 1. The Morgan fingerprint density at radius 3 is 1.68 bits per heavy atom. The second-order valence-corrected chi connectivity index (χ2v) is 33.7. The number of unbranched alkanes of at least 4 members (excludes halogenated alkanes) is 10. The molecule has 4 aromatic carbocycles. The fraction of sp³-hybridized carbons (Fsp3) is 0.446. The van der Waals surface area contributed by atoms with Gasteiger partial charge in [0, 0.05) is 0 Å². The molecular weight excluding hydrogens is 906 g/mol. The zero-order valence-electron chi connectivity index (χ0n) is 43.9. The number of aryl methyl sites for hydroxylation is 3. The van der Waals surface area contributed by atoms with Crippen LogP contribution in [0.2, 0.25) is 0 Å². The molecule has 0 bridgehead atoms. The molecule has 0 nitrogen and oxygen atoms in total. The van der Waals surface area contributed by atoms with Gasteiger partial charge in [-0.15, -0.1) is 0 Å². The van der Waals surface area contributed by atoms with Crippen molar-refractivity contribution in [1.82, 2.24) is 0 Å². The predicted molar refractivity (Wildman–Crippen MR) is 318 cm³/mol. The zero-order chi connectivity index (χ0) is 48.4. The van der Waals surface area contributed by atoms with Gasteiger partial charge in [-0.25, -0.2) is 0 Å². The minimum absolute atomic E-state index is 0.260. The van der Waals surface area contributed by atoms with Crippen LogP contribution < -0.4 is 10.6 Å². The van der Waals surface area contributed by atoms with Crippen LogP contribution in [0.3, 0.4) is 0 Å². The molecule has 6 aromatic rings. The van der Waals surface area contributed by atoms with Gasteiger partial charge >= 0.3 is 430 Å². The average Bonchev–Trinajstić information content (AvgIpc) is 4.15. The summed E-state index contributed by atoms with van der Waals surface area (Å²) in [6.45, 7) is 19.3. The number of allylic oxidation sites excluding steroid dienone is 4. The molecule has 4 atom stereocenters. The van der Waals surface area contributed by atoms with Crippen LogP contribution in [0.1, 0.15) is 203 Å². The van der Waals surface area contributed by atoms with Crippen LogP contribution in [-0.4, -0.2) is 12.3 Å². The summed E-state index contributed by atoms with van der Waals surface area (Å²) in [5, 5.41) is 7.51. The summed E-state index contributed by atoms with van der Waals surface area (Å²) in [7, 11) is -0.107. The first-order valence-electron chi connectivity index (χ1n) is 27.6. The summed E-state index contributed by atoms with van der Waals surface area (Å²) in [6, 6.07) is 45.8. The molecule has 8 rings (SSSR count). The third-order valence-electron chi connectivity index (χ3n) is 16.5. The standard InChI is InChI=1S/C65H85P3S/c1-9-14-16-18-20-29-44-67(52-33-23-22-24-34-52)68(45-30-21-19-17-15-10-2,53-41-39-48(6)40-42-53,63-58-37-27-25-35-54(58)56(31-11-3)60(63)62-50(8)49(7)47-66-62)64-59-38-28-26-36-55(59)57(32-12-4)61(64)65-51(13-5)43-46-69-65/h22-28,33-43,46-47,63-64,66H,9-21,29-32,44-45H2,1-8H3. The van der Waals surface area contributed by atoms with E-state index in [-0.39, 0.29) is 11.3 Å². The average molecular weight is 991 g/mol. The summed E-state index contributed by atoms with van der Waals surface area (Å²) >= 11 is 2.07. The van der Waals surface area contributed by atoms with Gasteiger partial charge in [-0.3, -0.25) is 0 Å². The minimum atomic E-state index is -3.66. The van der Waals surface area contributed by atoms with E-state index in [0.29, 0.717) is 8.19 Å². The van der Waals surface area contributed by atoms with E-state index in [1.807, 2.05) is 0 Å². The molecule has 0 radical (unpaired) electrons. The molecule has 0 aliphatic heterocycles. The van der Waals surface area contributed by atoms with Gasteiger partial charge in [0.2, 0.25) is 0 Å². The van der Waals surface area contributed by atoms with Crippen molar-refractivity contribution in [2.24, 2.45) is 0 Å². The number of hydrogen-bond donors (Lipinski definition) is 0. The molecule has 0 N–H and O–H groups in total. The summed E-state index contributed by atoms with van der Waals surface area (Å²) in [4.78, 5) is 1.59. The normalized spacial score (nSPS) is 16.9. The summed E-state index contributed by atoms with van der Waals surface area (Å²) in [5.41, 5.74) is 19.8. The third-order valence-corrected chi connectivity index (χ3v) is 35.3. The van der Waals surface area contributed by atoms with E-state index in [9.17, 15) is 0 Å². The van der Waals surface area contributed by atoms with E-state index >= 15 is 0 Å². The molecule has 0 fully saturated rings. The van der Waals surface area contributed by atoms with Gasteiger partial charge in [-0.05, 0) is 0 Å². The van der Waals surface area contributed by atoms with E-state index in [2.05, 4.69) is 187 Å². The first-order valence-corrected chi connectivity index (χ1v) is 34.3. The van der Waals surface area contributed by atoms with E-state index in [1.54, 1.807) is 76.5 Å². The van der Waals surface area contributed by atoms with E-state index in [1.165, 1.54) is 101 Å². The van der Waals surface area contributed by atoms with Gasteiger partial charge in [0.15, 0.2) is 0 Å². The molecule has 0 spiro atoms. The Hall–Kier alpha value is -3.30. The Balaban J connectivity index is 1.65. The molecule has 69 heavy (non-hydrogen) atoms. The first kappa shape index (κ1) is 52.0. The molecule has 366 valence electrons. The van der Waals surface area contributed by atoms with Gasteiger partial charge in [-0.1, -0.05) is 0 Å². The maximum absolute atomic E-state index is 3.66. The van der Waals surface area contributed by atoms with Crippen LogP contribution in [-0.2, 0) is 6.42 Å². The number of fused-ring (bicyclic) bond motifs is 2. The second kappa shape index (κ2) is 23.9. The Bertz CT molecular complexity index is 2680. The fourth-order valence-corrected chi connectivity index (χ4v) is 35.6. The Morgan fingerprint density at radius 1 is 0.551 bits per heavy atom. The quantitative estimate of drug-likeness (QED) is 0.0375. The van der Waals surface area contributed by atoms with Crippen LogP contribution in [0.25, 0.3) is 22.3 Å². The molecule has 2 aromatic heterocycles. The van der Waals surface area contributed by atoms with Crippen molar-refractivity contribution >= 4 is 66.3 Å². The molecule has 0 saturated carbocycles. The molecule has 2 aliphatic carbocycles. The first-order chi connectivity index (χ1) is 33.8. The molecule has 4 unspecified atom stereocenters. The molecule has 0 amide bonds. The van der Waals surface area contributed by atoms with Gasteiger partial charge in [0.25, 0.3) is 0 Å². The van der Waals surface area contributed by atoms with Crippen molar-refractivity contribution in [2.45, 2.75) is 176 Å². The van der Waals surface area contributed by atoms with E-state index in [0.717, 1.165) is 32.1 Å². The number of rotatable bonds is 26. The molecule has 0 saturated heterocycles. The van der Waals surface area contributed by atoms with Crippen molar-refractivity contribution < 1.29 is 0 Å². The topological polar surface area (TPSA) is 0 Å². The van der Waals surface area contributed by atoms with E-state index < -0.39 is 13.9 Å². The van der Waals surface area contributed by atoms with Crippen molar-refractivity contribution in [3.05, 3.63) is 175 Å². The summed E-state index contributed by atoms with van der Waals surface area (Å²) in [6.07, 6.45) is 20.3. The van der Waals surface area contributed by atoms with Crippen LogP contribution in [0, 0.1) is 20.8 Å². The van der Waals surface area contributed by atoms with Gasteiger partial charge in [0.05, 0.1) is 0 Å². The summed E-state index contributed by atoms with van der Waals surface area (Å²) < 4.78 is 0. The summed E-state index contributed by atoms with van der Waals surface area (Å²) in [5.74, 6) is 2.61. The van der Waals surface area contributed by atoms with Gasteiger partial charge in [0.1, 0.15) is 0 Å². The molecule has 2 heterocycles. The van der Waals surface area contributed by atoms with Crippen LogP contribution in [0.5, 0.6) is 0 Å². The van der Waals surface area contributed by atoms with Crippen LogP contribution in [0.15, 0.2) is 120 Å². The Morgan fingerprint density at radius 2 is 1.10 bits per heavy atom. The van der Waals surface area contributed by atoms with Crippen LogP contribution >= 0.6 is 33.4 Å².